The van der Waals surface area contributed by atoms with E-state index in [1.165, 1.54) is 0 Å². The van der Waals surface area contributed by atoms with E-state index < -0.39 is 37.3 Å². The molecule has 3 saturated carbocycles. The van der Waals surface area contributed by atoms with Crippen molar-refractivity contribution in [2.75, 3.05) is 6.61 Å². The number of phosphoric acid groups is 1. The maximum Gasteiger partial charge on any atom is 1.00 e. The molecule has 0 saturated heterocycles. The smallest absolute Gasteiger partial charge is 0.393 e. The van der Waals surface area contributed by atoms with E-state index >= 15 is 0 Å². The van der Waals surface area contributed by atoms with E-state index in [4.69, 9.17) is 9.79 Å². The summed E-state index contributed by atoms with van der Waals surface area (Å²) in [6.45, 7) is 3.09. The number of allylic oxidation sites excluding steroid dienone is 1. The third-order valence-corrected chi connectivity index (χ3v) is 9.34. The van der Waals surface area contributed by atoms with E-state index in [-0.39, 0.29) is 101 Å². The van der Waals surface area contributed by atoms with Crippen LogP contribution in [0.4, 0.5) is 0 Å². The summed E-state index contributed by atoms with van der Waals surface area (Å²) in [5.74, 6) is -0.522. The summed E-state index contributed by atoms with van der Waals surface area (Å²) in [5.41, 5.74) is -1.84. The Morgan fingerprint density at radius 1 is 1.19 bits per heavy atom. The van der Waals surface area contributed by atoms with Crippen LogP contribution in [-0.4, -0.2) is 49.9 Å². The molecule has 0 aromatic rings. The first-order chi connectivity index (χ1) is 13.8. The number of rotatable bonds is 4. The van der Waals surface area contributed by atoms with E-state index in [9.17, 15) is 24.4 Å². The second-order valence-corrected chi connectivity index (χ2v) is 11.4. The van der Waals surface area contributed by atoms with Gasteiger partial charge in [0, 0.05) is 11.8 Å². The molecule has 32 heavy (non-hydrogen) atoms. The van der Waals surface area contributed by atoms with E-state index in [0.717, 1.165) is 18.4 Å². The van der Waals surface area contributed by atoms with Gasteiger partial charge < -0.3 is 20.0 Å². The summed E-state index contributed by atoms with van der Waals surface area (Å²) < 4.78 is 15.4. The zero-order valence-corrected chi connectivity index (χ0v) is 24.3. The molecule has 11 heteroatoms. The van der Waals surface area contributed by atoms with Gasteiger partial charge in [0.2, 0.25) is 0 Å². The normalized spacial score (nSPS) is 43.1. The van der Waals surface area contributed by atoms with Crippen molar-refractivity contribution >= 4 is 19.4 Å². The molecule has 0 bridgehead atoms. The summed E-state index contributed by atoms with van der Waals surface area (Å²) in [6, 6.07) is 0. The van der Waals surface area contributed by atoms with Gasteiger partial charge in [0.1, 0.15) is 12.2 Å². The Balaban J connectivity index is 0.00000181. The maximum atomic E-state index is 12.8. The average Bonchev–Trinajstić information content (AvgIpc) is 2.91. The number of carbonyl (C=O) groups excluding carboxylic acids is 2. The van der Waals surface area contributed by atoms with Crippen LogP contribution in [0, 0.1) is 28.6 Å². The molecule has 4 N–H and O–H groups in total. The molecule has 3 fully saturated rings. The van der Waals surface area contributed by atoms with Crippen LogP contribution in [0.2, 0.25) is 0 Å². The van der Waals surface area contributed by atoms with Gasteiger partial charge in [-0.05, 0) is 67.8 Å². The number of carbonyl (C=O) groups is 2. The number of hydrogen-bond donors (Lipinski definition) is 4. The number of Topliss-reactive ketones (excluding diaryl/α,β-unsaturated/α-hetero) is 1. The summed E-state index contributed by atoms with van der Waals surface area (Å²) in [4.78, 5) is 42.6. The topological polar surface area (TPSA) is 141 Å². The molecule has 7 atom stereocenters. The quantitative estimate of drug-likeness (QED) is 0.231. The van der Waals surface area contributed by atoms with Gasteiger partial charge in [0.05, 0.1) is 6.10 Å². The number of ketones is 2. The van der Waals surface area contributed by atoms with Gasteiger partial charge in [0.25, 0.3) is 0 Å². The zero-order chi connectivity index (χ0) is 22.1. The minimum atomic E-state index is -4.83. The Hall–Kier alpha value is 1.11. The monoisotopic (exact) mass is 488 g/mol. The molecular formula is C21H31Na2O8P+2. The molecule has 8 nitrogen and oxygen atoms in total. The zero-order valence-electron chi connectivity index (χ0n) is 19.4. The van der Waals surface area contributed by atoms with Crippen LogP contribution in [0.15, 0.2) is 11.6 Å². The number of aliphatic hydroxyl groups is 2. The maximum absolute atomic E-state index is 12.8. The Bertz CT molecular complexity index is 859. The molecule has 4 aliphatic carbocycles. The average molecular weight is 488 g/mol. The molecule has 4 aliphatic rings. The Labute approximate surface area is 232 Å². The van der Waals surface area contributed by atoms with Crippen molar-refractivity contribution < 1.29 is 97.8 Å². The molecule has 0 amide bonds. The first-order valence-electron chi connectivity index (χ1n) is 10.7. The standard InChI is InChI=1S/C21H31O8P.2Na/c1-19-7-5-13(22)9-12(19)3-4-14-15-6-8-21(25,17(24)11-29-30(26,27)28)20(15,2)10-16(23)18(14)19;;/h9,14-16,18,23,25H,3-8,10-11H2,1-2H3,(H2,26,27,28);;/q;2*+1/t14-,15-,16-,18+,19-,20-,21-;;/m0../s1. The van der Waals surface area contributed by atoms with Crippen LogP contribution in [-0.2, 0) is 18.7 Å². The van der Waals surface area contributed by atoms with Crippen molar-refractivity contribution in [2.24, 2.45) is 28.6 Å². The van der Waals surface area contributed by atoms with E-state index in [1.54, 1.807) is 6.08 Å². The van der Waals surface area contributed by atoms with Crippen molar-refractivity contribution in [3.05, 3.63) is 11.6 Å². The summed E-state index contributed by atoms with van der Waals surface area (Å²) in [7, 11) is -4.83. The third-order valence-electron chi connectivity index (χ3n) is 8.87. The summed E-state index contributed by atoms with van der Waals surface area (Å²) in [5, 5.41) is 22.7. The second kappa shape index (κ2) is 9.87. The number of aliphatic hydroxyl groups excluding tert-OH is 1. The van der Waals surface area contributed by atoms with Crippen LogP contribution in [0.5, 0.6) is 0 Å². The van der Waals surface area contributed by atoms with Gasteiger partial charge in [-0.1, -0.05) is 19.4 Å². The van der Waals surface area contributed by atoms with Gasteiger partial charge >= 0.3 is 66.9 Å². The third kappa shape index (κ3) is 4.62. The van der Waals surface area contributed by atoms with Gasteiger partial charge in [0.15, 0.2) is 11.6 Å². The number of hydrogen-bond acceptors (Lipinski definition) is 6. The van der Waals surface area contributed by atoms with Crippen LogP contribution in [0.1, 0.15) is 58.8 Å². The van der Waals surface area contributed by atoms with Crippen LogP contribution >= 0.6 is 7.82 Å². The van der Waals surface area contributed by atoms with Crippen molar-refractivity contribution in [1.29, 1.82) is 0 Å². The molecular weight excluding hydrogens is 457 g/mol. The second-order valence-electron chi connectivity index (χ2n) is 10.2. The fourth-order valence-electron chi connectivity index (χ4n) is 7.41. The van der Waals surface area contributed by atoms with Gasteiger partial charge in [-0.3, -0.25) is 14.1 Å². The summed E-state index contributed by atoms with van der Waals surface area (Å²) >= 11 is 0. The van der Waals surface area contributed by atoms with Gasteiger partial charge in [-0.15, -0.1) is 0 Å². The van der Waals surface area contributed by atoms with Gasteiger partial charge in [-0.2, -0.15) is 0 Å². The van der Waals surface area contributed by atoms with E-state index in [0.29, 0.717) is 19.3 Å². The molecule has 0 radical (unpaired) electrons. The van der Waals surface area contributed by atoms with Crippen molar-refractivity contribution in [2.45, 2.75) is 70.5 Å². The number of fused-ring (bicyclic) bond motifs is 5. The fourth-order valence-corrected chi connectivity index (χ4v) is 7.70. The van der Waals surface area contributed by atoms with Crippen LogP contribution < -0.4 is 59.1 Å². The molecule has 0 heterocycles. The minimum absolute atomic E-state index is 0. The molecule has 0 aromatic heterocycles. The Morgan fingerprint density at radius 3 is 2.47 bits per heavy atom. The van der Waals surface area contributed by atoms with E-state index in [2.05, 4.69) is 11.4 Å². The first-order valence-corrected chi connectivity index (χ1v) is 12.2. The Kier molecular flexibility index (Phi) is 9.05. The fraction of sp³-hybridized carbons (Fsp3) is 0.810. The number of phosphoric ester groups is 1. The molecule has 4 rings (SSSR count). The largest absolute Gasteiger partial charge is 1.00 e. The SMILES string of the molecule is C[C@]12CCC(=O)C=C1CC[C@@H]1[C@@H]2[C@@H](O)C[C@@]2(C)[C@H]1CC[C@]2(O)C(=O)COP(=O)(O)O.[Na+].[Na+]. The molecule has 168 valence electrons. The van der Waals surface area contributed by atoms with Crippen LogP contribution in [0.3, 0.4) is 0 Å². The van der Waals surface area contributed by atoms with Crippen molar-refractivity contribution in [1.82, 2.24) is 0 Å². The van der Waals surface area contributed by atoms with Gasteiger partial charge in [-0.25, -0.2) is 4.57 Å². The minimum Gasteiger partial charge on any atom is -0.393 e. The Morgan fingerprint density at radius 2 is 1.84 bits per heavy atom. The van der Waals surface area contributed by atoms with Crippen molar-refractivity contribution in [3.63, 3.8) is 0 Å². The molecule has 0 aliphatic heterocycles. The predicted molar refractivity (Wildman–Crippen MR) is 106 cm³/mol. The van der Waals surface area contributed by atoms with Crippen LogP contribution in [0.25, 0.3) is 0 Å². The van der Waals surface area contributed by atoms with E-state index in [1.807, 2.05) is 6.92 Å². The summed E-state index contributed by atoms with van der Waals surface area (Å²) in [6.07, 6.45) is 4.79. The molecule has 0 unspecified atom stereocenters. The molecule has 0 aromatic carbocycles. The van der Waals surface area contributed by atoms with Crippen molar-refractivity contribution in [3.8, 4) is 0 Å². The predicted octanol–water partition coefficient (Wildman–Crippen LogP) is -4.09. The first kappa shape index (κ1) is 29.3. The molecule has 0 spiro atoms.